The molecule has 0 radical (unpaired) electrons. The summed E-state index contributed by atoms with van der Waals surface area (Å²) in [5, 5.41) is 0. The minimum atomic E-state index is 0.422. The monoisotopic (exact) mass is 249 g/mol. The number of nitrogen functional groups attached to an aromatic ring is 1. The van der Waals surface area contributed by atoms with Crippen molar-refractivity contribution in [3.63, 3.8) is 0 Å². The smallest absolute Gasteiger partial charge is 0.0323 e. The number of benzene rings is 1. The molecule has 0 amide bonds. The van der Waals surface area contributed by atoms with E-state index in [0.717, 1.165) is 18.8 Å². The van der Waals surface area contributed by atoms with Crippen molar-refractivity contribution in [2.75, 3.05) is 32.9 Å². The maximum Gasteiger partial charge on any atom is 0.0323 e. The third-order valence-corrected chi connectivity index (χ3v) is 3.48. The van der Waals surface area contributed by atoms with E-state index in [1.54, 1.807) is 0 Å². The number of nitrogens with two attached hydrogens (primary N) is 1. The minimum absolute atomic E-state index is 0.422. The third-order valence-electron chi connectivity index (χ3n) is 3.48. The van der Waals surface area contributed by atoms with Crippen LogP contribution in [-0.4, -0.2) is 43.0 Å². The summed E-state index contributed by atoms with van der Waals surface area (Å²) in [4.78, 5) is 4.76. The highest BCUT2D eigenvalue weighted by Crippen LogP contribution is 2.23. The molecular formula is C15H27N3. The van der Waals surface area contributed by atoms with Gasteiger partial charge in [0.2, 0.25) is 0 Å². The Labute approximate surface area is 112 Å². The van der Waals surface area contributed by atoms with E-state index >= 15 is 0 Å². The fraction of sp³-hybridized carbons (Fsp3) is 0.600. The summed E-state index contributed by atoms with van der Waals surface area (Å²) in [6.45, 7) is 8.91. The molecule has 0 saturated heterocycles. The molecule has 18 heavy (non-hydrogen) atoms. The average Bonchev–Trinajstić information content (AvgIpc) is 2.29. The van der Waals surface area contributed by atoms with Crippen molar-refractivity contribution in [3.05, 3.63) is 29.8 Å². The van der Waals surface area contributed by atoms with Crippen LogP contribution in [0.5, 0.6) is 0 Å². The Morgan fingerprint density at radius 3 is 2.11 bits per heavy atom. The van der Waals surface area contributed by atoms with Crippen molar-refractivity contribution in [2.45, 2.75) is 32.9 Å². The average molecular weight is 249 g/mol. The number of hydrogen-bond donors (Lipinski definition) is 1. The van der Waals surface area contributed by atoms with Gasteiger partial charge in [0.1, 0.15) is 0 Å². The normalized spacial score (nSPS) is 15.1. The van der Waals surface area contributed by atoms with E-state index in [1.807, 2.05) is 12.1 Å². The van der Waals surface area contributed by atoms with Gasteiger partial charge in [-0.3, -0.25) is 4.90 Å². The van der Waals surface area contributed by atoms with Crippen molar-refractivity contribution in [1.82, 2.24) is 9.80 Å². The number of rotatable bonds is 6. The Morgan fingerprint density at radius 1 is 1.11 bits per heavy atom. The summed E-state index contributed by atoms with van der Waals surface area (Å²) in [6, 6.07) is 9.19. The Kier molecular flexibility index (Phi) is 5.63. The lowest BCUT2D eigenvalue weighted by molar-refractivity contribution is 0.137. The highest BCUT2D eigenvalue weighted by molar-refractivity contribution is 5.40. The van der Waals surface area contributed by atoms with Crippen LogP contribution in [0.2, 0.25) is 0 Å². The predicted octanol–water partition coefficient (Wildman–Crippen LogP) is 2.60. The Hall–Kier alpha value is -1.06. The Bertz CT molecular complexity index is 345. The summed E-state index contributed by atoms with van der Waals surface area (Å²) in [5.74, 6) is 0. The molecule has 0 aliphatic rings. The maximum atomic E-state index is 5.74. The second-order valence-electron chi connectivity index (χ2n) is 5.28. The molecule has 2 atom stereocenters. The van der Waals surface area contributed by atoms with E-state index in [9.17, 15) is 0 Å². The van der Waals surface area contributed by atoms with Gasteiger partial charge in [0.15, 0.2) is 0 Å². The first-order valence-corrected chi connectivity index (χ1v) is 6.71. The van der Waals surface area contributed by atoms with E-state index in [4.69, 9.17) is 5.73 Å². The lowest BCUT2D eigenvalue weighted by Gasteiger charge is -2.35. The molecule has 3 nitrogen and oxygen atoms in total. The quantitative estimate of drug-likeness (QED) is 0.787. The van der Waals surface area contributed by atoms with Gasteiger partial charge in [0.05, 0.1) is 0 Å². The molecule has 0 spiro atoms. The molecular weight excluding hydrogens is 222 g/mol. The van der Waals surface area contributed by atoms with Gasteiger partial charge in [0, 0.05) is 24.3 Å². The first kappa shape index (κ1) is 15.0. The van der Waals surface area contributed by atoms with Gasteiger partial charge in [-0.25, -0.2) is 0 Å². The van der Waals surface area contributed by atoms with Crippen LogP contribution in [0.15, 0.2) is 24.3 Å². The van der Waals surface area contributed by atoms with Crippen molar-refractivity contribution >= 4 is 5.69 Å². The molecule has 102 valence electrons. The number of anilines is 1. The van der Waals surface area contributed by atoms with Gasteiger partial charge in [0.25, 0.3) is 0 Å². The lowest BCUT2D eigenvalue weighted by atomic mass is 10.0. The van der Waals surface area contributed by atoms with E-state index in [1.165, 1.54) is 5.56 Å². The van der Waals surface area contributed by atoms with Crippen LogP contribution in [0.4, 0.5) is 5.69 Å². The fourth-order valence-corrected chi connectivity index (χ4v) is 2.57. The predicted molar refractivity (Wildman–Crippen MR) is 79.7 cm³/mol. The molecule has 0 aromatic heterocycles. The molecule has 0 fully saturated rings. The molecule has 0 saturated carbocycles. The third kappa shape index (κ3) is 4.00. The van der Waals surface area contributed by atoms with Gasteiger partial charge in [-0.1, -0.05) is 19.1 Å². The molecule has 0 aliphatic carbocycles. The van der Waals surface area contributed by atoms with Crippen molar-refractivity contribution in [3.8, 4) is 0 Å². The zero-order valence-corrected chi connectivity index (χ0v) is 12.4. The zero-order chi connectivity index (χ0) is 13.7. The van der Waals surface area contributed by atoms with Crippen LogP contribution in [0.25, 0.3) is 0 Å². The summed E-state index contributed by atoms with van der Waals surface area (Å²) in [5.41, 5.74) is 7.90. The highest BCUT2D eigenvalue weighted by atomic mass is 15.2. The van der Waals surface area contributed by atoms with E-state index in [0.29, 0.717) is 12.1 Å². The first-order valence-electron chi connectivity index (χ1n) is 6.71. The summed E-state index contributed by atoms with van der Waals surface area (Å²) in [7, 11) is 4.25. The second-order valence-corrected chi connectivity index (χ2v) is 5.28. The zero-order valence-electron chi connectivity index (χ0n) is 12.4. The molecule has 0 aliphatic heterocycles. The first-order chi connectivity index (χ1) is 8.45. The van der Waals surface area contributed by atoms with E-state index in [2.05, 4.69) is 56.8 Å². The molecule has 1 rings (SSSR count). The van der Waals surface area contributed by atoms with Crippen LogP contribution in [0.3, 0.4) is 0 Å². The summed E-state index contributed by atoms with van der Waals surface area (Å²) in [6.07, 6.45) is 0. The van der Waals surface area contributed by atoms with Gasteiger partial charge in [-0.05, 0) is 52.2 Å². The largest absolute Gasteiger partial charge is 0.399 e. The number of likely N-dealkylation sites (N-methyl/N-ethyl adjacent to an activating group) is 2. The van der Waals surface area contributed by atoms with Crippen LogP contribution in [0, 0.1) is 0 Å². The van der Waals surface area contributed by atoms with Gasteiger partial charge >= 0.3 is 0 Å². The van der Waals surface area contributed by atoms with Crippen LogP contribution >= 0.6 is 0 Å². The highest BCUT2D eigenvalue weighted by Gasteiger charge is 2.20. The van der Waals surface area contributed by atoms with E-state index < -0.39 is 0 Å². The van der Waals surface area contributed by atoms with Crippen molar-refractivity contribution in [2.24, 2.45) is 0 Å². The van der Waals surface area contributed by atoms with E-state index in [-0.39, 0.29) is 0 Å². The van der Waals surface area contributed by atoms with Crippen LogP contribution in [0.1, 0.15) is 32.4 Å². The van der Waals surface area contributed by atoms with Crippen molar-refractivity contribution < 1.29 is 0 Å². The molecule has 3 heteroatoms. The Morgan fingerprint density at radius 2 is 1.67 bits per heavy atom. The van der Waals surface area contributed by atoms with Gasteiger partial charge < -0.3 is 10.6 Å². The minimum Gasteiger partial charge on any atom is -0.399 e. The summed E-state index contributed by atoms with van der Waals surface area (Å²) < 4.78 is 0. The maximum absolute atomic E-state index is 5.74. The second kappa shape index (κ2) is 6.76. The SMILES string of the molecule is CCN(C(C)CN(C)C)C(C)c1ccc(N)cc1. The van der Waals surface area contributed by atoms with Crippen LogP contribution in [-0.2, 0) is 0 Å². The molecule has 0 bridgehead atoms. The van der Waals surface area contributed by atoms with Gasteiger partial charge in [-0.15, -0.1) is 0 Å². The van der Waals surface area contributed by atoms with Crippen LogP contribution < -0.4 is 5.73 Å². The molecule has 2 unspecified atom stereocenters. The standard InChI is InChI=1S/C15H27N3/c1-6-18(12(2)11-17(4)5)13(3)14-7-9-15(16)10-8-14/h7-10,12-13H,6,11,16H2,1-5H3. The molecule has 2 N–H and O–H groups in total. The number of nitrogens with zero attached hydrogens (tertiary/aromatic N) is 2. The fourth-order valence-electron chi connectivity index (χ4n) is 2.57. The molecule has 1 aromatic carbocycles. The Balaban J connectivity index is 2.78. The molecule has 1 aromatic rings. The molecule has 0 heterocycles. The topological polar surface area (TPSA) is 32.5 Å². The van der Waals surface area contributed by atoms with Gasteiger partial charge in [-0.2, -0.15) is 0 Å². The number of hydrogen-bond acceptors (Lipinski definition) is 3. The lowest BCUT2D eigenvalue weighted by Crippen LogP contribution is -2.41. The summed E-state index contributed by atoms with van der Waals surface area (Å²) >= 11 is 0. The van der Waals surface area contributed by atoms with Crippen molar-refractivity contribution in [1.29, 1.82) is 0 Å².